The topological polar surface area (TPSA) is 58.1 Å². The molecule has 0 aromatic carbocycles. The minimum absolute atomic E-state index is 0.106. The van der Waals surface area contributed by atoms with E-state index in [0.29, 0.717) is 11.6 Å². The molecule has 0 saturated heterocycles. The first kappa shape index (κ1) is 13.4. The van der Waals surface area contributed by atoms with Crippen molar-refractivity contribution in [1.29, 1.82) is 0 Å². The van der Waals surface area contributed by atoms with Crippen molar-refractivity contribution in [1.82, 2.24) is 15.3 Å². The van der Waals surface area contributed by atoms with E-state index in [-0.39, 0.29) is 11.9 Å². The number of aromatic nitrogens is 2. The summed E-state index contributed by atoms with van der Waals surface area (Å²) < 4.78 is 0. The summed E-state index contributed by atoms with van der Waals surface area (Å²) in [6.07, 6.45) is 1.62. The molecule has 0 saturated carbocycles. The smallest absolute Gasteiger partial charge is 0.270 e. The fourth-order valence-corrected chi connectivity index (χ4v) is 1.47. The van der Waals surface area contributed by atoms with Gasteiger partial charge in [-0.3, -0.25) is 4.79 Å². The molecule has 0 aliphatic rings. The van der Waals surface area contributed by atoms with Crippen LogP contribution in [-0.4, -0.2) is 35.0 Å². The highest BCUT2D eigenvalue weighted by Crippen LogP contribution is 2.07. The monoisotopic (exact) mass is 236 g/mol. The van der Waals surface area contributed by atoms with Crippen molar-refractivity contribution >= 4 is 11.9 Å². The van der Waals surface area contributed by atoms with Gasteiger partial charge in [-0.2, -0.15) is 0 Å². The van der Waals surface area contributed by atoms with Gasteiger partial charge in [0.25, 0.3) is 5.91 Å². The Labute approximate surface area is 102 Å². The molecule has 0 aliphatic heterocycles. The highest BCUT2D eigenvalue weighted by molar-refractivity contribution is 5.92. The molecular formula is C12H20N4O. The molecule has 0 unspecified atom stereocenters. The maximum atomic E-state index is 11.8. The Morgan fingerprint density at radius 2 is 2.06 bits per heavy atom. The normalized spacial score (nSPS) is 10.4. The summed E-state index contributed by atoms with van der Waals surface area (Å²) >= 11 is 0. The molecule has 0 fully saturated rings. The molecule has 0 spiro atoms. The van der Waals surface area contributed by atoms with E-state index < -0.39 is 0 Å². The standard InChI is InChI=1S/C12H20N4O/c1-5-16(6-2)12-13-8-7-10(15-12)11(17)14-9(3)4/h7-9H,5-6H2,1-4H3,(H,14,17). The Morgan fingerprint density at radius 1 is 1.41 bits per heavy atom. The first-order chi connectivity index (χ1) is 8.08. The molecule has 5 heteroatoms. The molecule has 1 rings (SSSR count). The quantitative estimate of drug-likeness (QED) is 0.841. The second kappa shape index (κ2) is 6.18. The zero-order valence-electron chi connectivity index (χ0n) is 10.9. The Bertz CT molecular complexity index is 375. The maximum Gasteiger partial charge on any atom is 0.270 e. The molecule has 94 valence electrons. The number of amides is 1. The number of hydrogen-bond acceptors (Lipinski definition) is 4. The lowest BCUT2D eigenvalue weighted by Gasteiger charge is -2.18. The van der Waals surface area contributed by atoms with Crippen LogP contribution in [0.25, 0.3) is 0 Å². The lowest BCUT2D eigenvalue weighted by molar-refractivity contribution is 0.0938. The van der Waals surface area contributed by atoms with Crippen LogP contribution in [0.5, 0.6) is 0 Å². The molecule has 1 amide bonds. The summed E-state index contributed by atoms with van der Waals surface area (Å²) in [4.78, 5) is 22.2. The molecule has 1 N–H and O–H groups in total. The third-order valence-electron chi connectivity index (χ3n) is 2.34. The van der Waals surface area contributed by atoms with Gasteiger partial charge >= 0.3 is 0 Å². The van der Waals surface area contributed by atoms with Gasteiger partial charge in [-0.1, -0.05) is 0 Å². The molecule has 5 nitrogen and oxygen atoms in total. The van der Waals surface area contributed by atoms with E-state index in [2.05, 4.69) is 15.3 Å². The number of nitrogens with one attached hydrogen (secondary N) is 1. The minimum Gasteiger partial charge on any atom is -0.349 e. The average molecular weight is 236 g/mol. The summed E-state index contributed by atoms with van der Waals surface area (Å²) in [6.45, 7) is 9.56. The van der Waals surface area contributed by atoms with Crippen molar-refractivity contribution in [2.75, 3.05) is 18.0 Å². The molecule has 17 heavy (non-hydrogen) atoms. The van der Waals surface area contributed by atoms with Crippen LogP contribution in [0, 0.1) is 0 Å². The molecule has 0 aliphatic carbocycles. The average Bonchev–Trinajstić information content (AvgIpc) is 2.30. The second-order valence-electron chi connectivity index (χ2n) is 4.04. The van der Waals surface area contributed by atoms with Crippen LogP contribution >= 0.6 is 0 Å². The first-order valence-corrected chi connectivity index (χ1v) is 5.97. The number of nitrogens with zero attached hydrogens (tertiary/aromatic N) is 3. The Kier molecular flexibility index (Phi) is 4.87. The van der Waals surface area contributed by atoms with Gasteiger partial charge in [0.05, 0.1) is 0 Å². The summed E-state index contributed by atoms with van der Waals surface area (Å²) in [5, 5.41) is 2.81. The van der Waals surface area contributed by atoms with Gasteiger partial charge in [-0.15, -0.1) is 0 Å². The van der Waals surface area contributed by atoms with Gasteiger partial charge in [-0.05, 0) is 33.8 Å². The van der Waals surface area contributed by atoms with E-state index in [0.717, 1.165) is 13.1 Å². The maximum absolute atomic E-state index is 11.8. The molecule has 0 atom stereocenters. The second-order valence-corrected chi connectivity index (χ2v) is 4.04. The number of carbonyl (C=O) groups excluding carboxylic acids is 1. The van der Waals surface area contributed by atoms with Gasteiger partial charge in [0.15, 0.2) is 0 Å². The fourth-order valence-electron chi connectivity index (χ4n) is 1.47. The van der Waals surface area contributed by atoms with Gasteiger partial charge in [0.1, 0.15) is 5.69 Å². The van der Waals surface area contributed by atoms with Gasteiger partial charge < -0.3 is 10.2 Å². The summed E-state index contributed by atoms with van der Waals surface area (Å²) in [5.41, 5.74) is 0.413. The van der Waals surface area contributed by atoms with E-state index in [1.165, 1.54) is 0 Å². The van der Waals surface area contributed by atoms with E-state index in [9.17, 15) is 4.79 Å². The largest absolute Gasteiger partial charge is 0.349 e. The highest BCUT2D eigenvalue weighted by Gasteiger charge is 2.11. The number of rotatable bonds is 5. The van der Waals surface area contributed by atoms with Gasteiger partial charge in [-0.25, -0.2) is 9.97 Å². The van der Waals surface area contributed by atoms with Crippen LogP contribution in [0.1, 0.15) is 38.2 Å². The number of anilines is 1. The van der Waals surface area contributed by atoms with E-state index in [4.69, 9.17) is 0 Å². The zero-order valence-corrected chi connectivity index (χ0v) is 10.9. The Hall–Kier alpha value is -1.65. The first-order valence-electron chi connectivity index (χ1n) is 5.97. The van der Waals surface area contributed by atoms with Crippen LogP contribution in [0.4, 0.5) is 5.95 Å². The van der Waals surface area contributed by atoms with Gasteiger partial charge in [0, 0.05) is 25.3 Å². The van der Waals surface area contributed by atoms with Crippen LogP contribution in [0.2, 0.25) is 0 Å². The molecule has 1 aromatic heterocycles. The fraction of sp³-hybridized carbons (Fsp3) is 0.583. The lowest BCUT2D eigenvalue weighted by Crippen LogP contribution is -2.32. The van der Waals surface area contributed by atoms with Crippen LogP contribution in [0.15, 0.2) is 12.3 Å². The summed E-state index contributed by atoms with van der Waals surface area (Å²) in [7, 11) is 0. The van der Waals surface area contributed by atoms with Gasteiger partial charge in [0.2, 0.25) is 5.95 Å². The van der Waals surface area contributed by atoms with Crippen molar-refractivity contribution in [3.05, 3.63) is 18.0 Å². The van der Waals surface area contributed by atoms with E-state index in [1.54, 1.807) is 12.3 Å². The minimum atomic E-state index is -0.157. The lowest BCUT2D eigenvalue weighted by atomic mass is 10.3. The van der Waals surface area contributed by atoms with Crippen molar-refractivity contribution in [3.63, 3.8) is 0 Å². The number of carbonyl (C=O) groups is 1. The van der Waals surface area contributed by atoms with E-state index >= 15 is 0 Å². The SMILES string of the molecule is CCN(CC)c1nccc(C(=O)NC(C)C)n1. The molecule has 0 bridgehead atoms. The van der Waals surface area contributed by atoms with Crippen LogP contribution < -0.4 is 10.2 Å². The summed E-state index contributed by atoms with van der Waals surface area (Å²) in [5.74, 6) is 0.446. The molecular weight excluding hydrogens is 216 g/mol. The van der Waals surface area contributed by atoms with Crippen LogP contribution in [-0.2, 0) is 0 Å². The molecule has 1 heterocycles. The third-order valence-corrected chi connectivity index (χ3v) is 2.34. The predicted octanol–water partition coefficient (Wildman–Crippen LogP) is 1.46. The van der Waals surface area contributed by atoms with Crippen molar-refractivity contribution in [2.24, 2.45) is 0 Å². The van der Waals surface area contributed by atoms with Crippen molar-refractivity contribution in [3.8, 4) is 0 Å². The van der Waals surface area contributed by atoms with E-state index in [1.807, 2.05) is 32.6 Å². The summed E-state index contributed by atoms with van der Waals surface area (Å²) in [6, 6.07) is 1.74. The Balaban J connectivity index is 2.88. The van der Waals surface area contributed by atoms with Crippen molar-refractivity contribution in [2.45, 2.75) is 33.7 Å². The van der Waals surface area contributed by atoms with Crippen molar-refractivity contribution < 1.29 is 4.79 Å². The predicted molar refractivity (Wildman–Crippen MR) is 68.2 cm³/mol. The molecule has 1 aromatic rings. The number of hydrogen-bond donors (Lipinski definition) is 1. The highest BCUT2D eigenvalue weighted by atomic mass is 16.1. The van der Waals surface area contributed by atoms with Crippen LogP contribution in [0.3, 0.4) is 0 Å². The zero-order chi connectivity index (χ0) is 12.8. The third kappa shape index (κ3) is 3.69. The molecule has 0 radical (unpaired) electrons. The Morgan fingerprint density at radius 3 is 2.59 bits per heavy atom.